The number of carbonyl (C=O) groups excluding carboxylic acids is 1. The molecule has 2 rings (SSSR count). The topological polar surface area (TPSA) is 54.0 Å². The number of hydrogen-bond acceptors (Lipinski definition) is 3. The van der Waals surface area contributed by atoms with E-state index < -0.39 is 0 Å². The number of aryl methyl sites for hydroxylation is 1. The summed E-state index contributed by atoms with van der Waals surface area (Å²) in [4.78, 5) is 16.6. The van der Waals surface area contributed by atoms with E-state index in [0.29, 0.717) is 11.4 Å². The number of anilines is 2. The molecule has 0 bridgehead atoms. The maximum absolute atomic E-state index is 12.4. The molecule has 21 heavy (non-hydrogen) atoms. The van der Waals surface area contributed by atoms with Crippen molar-refractivity contribution >= 4 is 33.3 Å². The summed E-state index contributed by atoms with van der Waals surface area (Å²) in [5.41, 5.74) is 2.39. The van der Waals surface area contributed by atoms with Gasteiger partial charge in [0.25, 0.3) is 5.91 Å². The van der Waals surface area contributed by atoms with Crippen LogP contribution in [-0.4, -0.2) is 17.4 Å². The van der Waals surface area contributed by atoms with E-state index in [1.165, 1.54) is 0 Å². The summed E-state index contributed by atoms with van der Waals surface area (Å²) in [6, 6.07) is 9.25. The summed E-state index contributed by atoms with van der Waals surface area (Å²) < 4.78 is 1.02. The van der Waals surface area contributed by atoms with Gasteiger partial charge in [0.1, 0.15) is 5.82 Å². The van der Waals surface area contributed by atoms with Crippen molar-refractivity contribution in [2.75, 3.05) is 17.2 Å². The molecule has 2 aromatic rings. The average molecular weight is 348 g/mol. The van der Waals surface area contributed by atoms with Crippen LogP contribution in [0.2, 0.25) is 0 Å². The Kier molecular flexibility index (Phi) is 5.33. The largest absolute Gasteiger partial charge is 0.369 e. The van der Waals surface area contributed by atoms with Crippen molar-refractivity contribution in [3.8, 4) is 0 Å². The van der Waals surface area contributed by atoms with Crippen molar-refractivity contribution < 1.29 is 4.79 Å². The molecule has 0 saturated carbocycles. The quantitative estimate of drug-likeness (QED) is 0.850. The molecule has 0 radical (unpaired) electrons. The number of hydrogen-bond donors (Lipinski definition) is 2. The number of carbonyl (C=O) groups is 1. The Labute approximate surface area is 133 Å². The third-order valence-electron chi connectivity index (χ3n) is 3.01. The van der Waals surface area contributed by atoms with E-state index in [-0.39, 0.29) is 5.91 Å². The Morgan fingerprint density at radius 3 is 2.86 bits per heavy atom. The van der Waals surface area contributed by atoms with Crippen LogP contribution in [0.15, 0.2) is 41.0 Å². The van der Waals surface area contributed by atoms with E-state index in [0.717, 1.165) is 28.7 Å². The van der Waals surface area contributed by atoms with Crippen LogP contribution in [0.5, 0.6) is 0 Å². The highest BCUT2D eigenvalue weighted by molar-refractivity contribution is 9.10. The number of amides is 1. The zero-order valence-corrected chi connectivity index (χ0v) is 13.7. The van der Waals surface area contributed by atoms with Crippen molar-refractivity contribution in [2.45, 2.75) is 20.3 Å². The maximum atomic E-state index is 12.4. The van der Waals surface area contributed by atoms with Gasteiger partial charge in [-0.15, -0.1) is 0 Å². The van der Waals surface area contributed by atoms with E-state index in [4.69, 9.17) is 0 Å². The molecule has 0 aliphatic heterocycles. The second-order valence-corrected chi connectivity index (χ2v) is 5.60. The van der Waals surface area contributed by atoms with Crippen molar-refractivity contribution in [3.05, 3.63) is 52.1 Å². The summed E-state index contributed by atoms with van der Waals surface area (Å²) in [6.07, 6.45) is 2.65. The van der Waals surface area contributed by atoms with E-state index in [1.54, 1.807) is 18.3 Å². The Bertz CT molecular complexity index is 643. The number of nitrogens with one attached hydrogen (secondary N) is 2. The number of rotatable bonds is 5. The van der Waals surface area contributed by atoms with Gasteiger partial charge in [-0.3, -0.25) is 4.79 Å². The molecule has 1 aromatic carbocycles. The van der Waals surface area contributed by atoms with Crippen molar-refractivity contribution in [3.63, 3.8) is 0 Å². The molecule has 0 aliphatic rings. The molecule has 0 aliphatic carbocycles. The predicted molar refractivity (Wildman–Crippen MR) is 89.8 cm³/mol. The third-order valence-corrected chi connectivity index (χ3v) is 3.90. The molecular weight excluding hydrogens is 330 g/mol. The Morgan fingerprint density at radius 1 is 1.33 bits per heavy atom. The minimum Gasteiger partial charge on any atom is -0.369 e. The molecule has 1 amide bonds. The van der Waals surface area contributed by atoms with E-state index in [1.807, 2.05) is 25.1 Å². The van der Waals surface area contributed by atoms with Gasteiger partial charge >= 0.3 is 0 Å². The van der Waals surface area contributed by atoms with Gasteiger partial charge < -0.3 is 10.6 Å². The molecule has 110 valence electrons. The Balaban J connectivity index is 2.18. The first kappa shape index (κ1) is 15.5. The van der Waals surface area contributed by atoms with Gasteiger partial charge in [0.15, 0.2) is 0 Å². The first-order chi connectivity index (χ1) is 10.1. The molecule has 0 fully saturated rings. The first-order valence-corrected chi connectivity index (χ1v) is 7.67. The highest BCUT2D eigenvalue weighted by Gasteiger charge is 2.12. The number of halogens is 1. The van der Waals surface area contributed by atoms with Crippen LogP contribution >= 0.6 is 15.9 Å². The number of aromatic nitrogens is 1. The SMILES string of the molecule is CCCNc1ncccc1C(=O)Nc1ccc(Br)c(C)c1. The van der Waals surface area contributed by atoms with Gasteiger partial charge in [0, 0.05) is 22.9 Å². The zero-order chi connectivity index (χ0) is 15.2. The summed E-state index contributed by atoms with van der Waals surface area (Å²) in [7, 11) is 0. The maximum Gasteiger partial charge on any atom is 0.259 e. The predicted octanol–water partition coefficient (Wildman–Crippen LogP) is 4.23. The number of pyridine rings is 1. The standard InChI is InChI=1S/C16H18BrN3O/c1-3-8-18-15-13(5-4-9-19-15)16(21)20-12-6-7-14(17)11(2)10-12/h4-7,9-10H,3,8H2,1-2H3,(H,18,19)(H,20,21). The van der Waals surface area contributed by atoms with Crippen LogP contribution in [0.4, 0.5) is 11.5 Å². The van der Waals surface area contributed by atoms with Gasteiger partial charge in [0.2, 0.25) is 0 Å². The van der Waals surface area contributed by atoms with Crippen LogP contribution in [0.3, 0.4) is 0 Å². The van der Waals surface area contributed by atoms with E-state index >= 15 is 0 Å². The highest BCUT2D eigenvalue weighted by Crippen LogP contribution is 2.21. The Hall–Kier alpha value is -1.88. The lowest BCUT2D eigenvalue weighted by Crippen LogP contribution is -2.16. The van der Waals surface area contributed by atoms with Crippen molar-refractivity contribution in [1.29, 1.82) is 0 Å². The second-order valence-electron chi connectivity index (χ2n) is 4.74. The molecule has 1 heterocycles. The minimum absolute atomic E-state index is 0.163. The fourth-order valence-corrected chi connectivity index (χ4v) is 2.14. The van der Waals surface area contributed by atoms with Crippen LogP contribution in [-0.2, 0) is 0 Å². The van der Waals surface area contributed by atoms with Crippen LogP contribution in [0.1, 0.15) is 29.3 Å². The number of benzene rings is 1. The minimum atomic E-state index is -0.163. The fraction of sp³-hybridized carbons (Fsp3) is 0.250. The molecule has 0 unspecified atom stereocenters. The first-order valence-electron chi connectivity index (χ1n) is 6.88. The van der Waals surface area contributed by atoms with Gasteiger partial charge in [0.05, 0.1) is 5.56 Å². The highest BCUT2D eigenvalue weighted by atomic mass is 79.9. The van der Waals surface area contributed by atoms with Gasteiger partial charge in [-0.1, -0.05) is 22.9 Å². The molecule has 4 nitrogen and oxygen atoms in total. The van der Waals surface area contributed by atoms with Crippen LogP contribution in [0, 0.1) is 6.92 Å². The van der Waals surface area contributed by atoms with Crippen molar-refractivity contribution in [1.82, 2.24) is 4.98 Å². The molecule has 0 atom stereocenters. The average Bonchev–Trinajstić information content (AvgIpc) is 2.49. The normalized spacial score (nSPS) is 10.2. The van der Waals surface area contributed by atoms with Gasteiger partial charge in [-0.25, -0.2) is 4.98 Å². The lowest BCUT2D eigenvalue weighted by atomic mass is 10.2. The molecule has 0 spiro atoms. The van der Waals surface area contributed by atoms with E-state index in [2.05, 4.69) is 38.5 Å². The molecule has 0 saturated heterocycles. The van der Waals surface area contributed by atoms with Crippen LogP contribution < -0.4 is 10.6 Å². The third kappa shape index (κ3) is 4.04. The van der Waals surface area contributed by atoms with E-state index in [9.17, 15) is 4.79 Å². The molecule has 1 aromatic heterocycles. The monoisotopic (exact) mass is 347 g/mol. The zero-order valence-electron chi connectivity index (χ0n) is 12.1. The second kappa shape index (κ2) is 7.22. The van der Waals surface area contributed by atoms with Crippen LogP contribution in [0.25, 0.3) is 0 Å². The van der Waals surface area contributed by atoms with Crippen molar-refractivity contribution in [2.24, 2.45) is 0 Å². The summed E-state index contributed by atoms with van der Waals surface area (Å²) in [6.45, 7) is 4.84. The molecule has 2 N–H and O–H groups in total. The fourth-order valence-electron chi connectivity index (χ4n) is 1.89. The summed E-state index contributed by atoms with van der Waals surface area (Å²) in [5, 5.41) is 6.07. The summed E-state index contributed by atoms with van der Waals surface area (Å²) >= 11 is 3.45. The van der Waals surface area contributed by atoms with Gasteiger partial charge in [-0.2, -0.15) is 0 Å². The molecule has 5 heteroatoms. The lowest BCUT2D eigenvalue weighted by Gasteiger charge is -2.11. The lowest BCUT2D eigenvalue weighted by molar-refractivity contribution is 0.102. The molecular formula is C16H18BrN3O. The smallest absolute Gasteiger partial charge is 0.259 e. The number of nitrogens with zero attached hydrogens (tertiary/aromatic N) is 1. The Morgan fingerprint density at radius 2 is 2.14 bits per heavy atom. The summed E-state index contributed by atoms with van der Waals surface area (Å²) in [5.74, 6) is 0.453. The van der Waals surface area contributed by atoms with Gasteiger partial charge in [-0.05, 0) is 49.2 Å².